The second kappa shape index (κ2) is 7.26. The molecule has 0 saturated carbocycles. The van der Waals surface area contributed by atoms with E-state index in [4.69, 9.17) is 16.0 Å². The molecule has 29 heavy (non-hydrogen) atoms. The lowest BCUT2D eigenvalue weighted by atomic mass is 10.2. The zero-order chi connectivity index (χ0) is 20.0. The first-order chi connectivity index (χ1) is 14.1. The minimum atomic E-state index is -0.230. The van der Waals surface area contributed by atoms with Crippen molar-refractivity contribution in [2.75, 3.05) is 0 Å². The van der Waals surface area contributed by atoms with Crippen molar-refractivity contribution >= 4 is 49.9 Å². The topological polar surface area (TPSA) is 60.4 Å². The molecular formula is C21H11BrClN3O2S. The highest BCUT2D eigenvalue weighted by Gasteiger charge is 2.13. The fourth-order valence-corrected chi connectivity index (χ4v) is 4.42. The highest BCUT2D eigenvalue weighted by Crippen LogP contribution is 2.25. The minimum Gasteiger partial charge on any atom is -0.457 e. The minimum absolute atomic E-state index is 0.230. The maximum atomic E-state index is 12.7. The number of fused-ring (bicyclic) bond motifs is 1. The molecule has 0 spiro atoms. The summed E-state index contributed by atoms with van der Waals surface area (Å²) in [4.78, 5) is 17.7. The largest absolute Gasteiger partial charge is 0.457 e. The van der Waals surface area contributed by atoms with Crippen molar-refractivity contribution in [3.63, 3.8) is 0 Å². The van der Waals surface area contributed by atoms with E-state index in [-0.39, 0.29) is 5.56 Å². The van der Waals surface area contributed by atoms with E-state index in [1.807, 2.05) is 48.5 Å². The van der Waals surface area contributed by atoms with Crippen LogP contribution in [0.2, 0.25) is 5.02 Å². The van der Waals surface area contributed by atoms with E-state index in [9.17, 15) is 4.79 Å². The predicted molar refractivity (Wildman–Crippen MR) is 118 cm³/mol. The SMILES string of the molecule is O=c1c(=Cc2ccc(-c3cccc(Br)c3)o2)sc2nc(-c3cccc(Cl)c3)nn12. The number of rotatable bonds is 3. The predicted octanol–water partition coefficient (Wildman–Crippen LogP) is 5.04. The van der Waals surface area contributed by atoms with Gasteiger partial charge in [0.15, 0.2) is 5.82 Å². The molecule has 0 saturated heterocycles. The van der Waals surface area contributed by atoms with Crippen molar-refractivity contribution in [1.29, 1.82) is 0 Å². The van der Waals surface area contributed by atoms with Crippen molar-refractivity contribution in [2.45, 2.75) is 0 Å². The van der Waals surface area contributed by atoms with Crippen molar-refractivity contribution in [1.82, 2.24) is 14.6 Å². The summed E-state index contributed by atoms with van der Waals surface area (Å²) in [6, 6.07) is 18.8. The number of aromatic nitrogens is 3. The van der Waals surface area contributed by atoms with Gasteiger partial charge in [-0.2, -0.15) is 9.50 Å². The van der Waals surface area contributed by atoms with Crippen LogP contribution in [0, 0.1) is 0 Å². The highest BCUT2D eigenvalue weighted by atomic mass is 79.9. The van der Waals surface area contributed by atoms with Gasteiger partial charge in [0.05, 0.1) is 0 Å². The van der Waals surface area contributed by atoms with Crippen LogP contribution in [-0.4, -0.2) is 14.6 Å². The van der Waals surface area contributed by atoms with Gasteiger partial charge >= 0.3 is 0 Å². The van der Waals surface area contributed by atoms with Gasteiger partial charge in [-0.3, -0.25) is 4.79 Å². The number of benzene rings is 2. The summed E-state index contributed by atoms with van der Waals surface area (Å²) in [7, 11) is 0. The number of hydrogen-bond acceptors (Lipinski definition) is 5. The lowest BCUT2D eigenvalue weighted by Gasteiger charge is -1.96. The van der Waals surface area contributed by atoms with E-state index in [0.717, 1.165) is 21.4 Å². The molecule has 0 amide bonds. The van der Waals surface area contributed by atoms with Crippen molar-refractivity contribution in [3.05, 3.63) is 90.8 Å². The third kappa shape index (κ3) is 3.53. The number of hydrogen-bond donors (Lipinski definition) is 0. The van der Waals surface area contributed by atoms with Gasteiger partial charge in [-0.1, -0.05) is 63.1 Å². The highest BCUT2D eigenvalue weighted by molar-refractivity contribution is 9.10. The quantitative estimate of drug-likeness (QED) is 0.360. The fourth-order valence-electron chi connectivity index (χ4n) is 2.94. The van der Waals surface area contributed by atoms with Crippen LogP contribution in [0.15, 0.2) is 74.3 Å². The van der Waals surface area contributed by atoms with Crippen molar-refractivity contribution in [2.24, 2.45) is 0 Å². The molecule has 0 bridgehead atoms. The lowest BCUT2D eigenvalue weighted by molar-refractivity contribution is 0.571. The first kappa shape index (κ1) is 18.3. The first-order valence-electron chi connectivity index (χ1n) is 8.60. The molecule has 5 rings (SSSR count). The zero-order valence-corrected chi connectivity index (χ0v) is 17.8. The first-order valence-corrected chi connectivity index (χ1v) is 10.6. The summed E-state index contributed by atoms with van der Waals surface area (Å²) in [6.45, 7) is 0. The van der Waals surface area contributed by atoms with Crippen LogP contribution in [0.4, 0.5) is 0 Å². The Balaban J connectivity index is 1.53. The number of halogens is 2. The molecule has 0 radical (unpaired) electrons. The van der Waals surface area contributed by atoms with Crippen LogP contribution < -0.4 is 10.1 Å². The number of furan rings is 1. The van der Waals surface area contributed by atoms with E-state index < -0.39 is 0 Å². The molecule has 5 nitrogen and oxygen atoms in total. The fraction of sp³-hybridized carbons (Fsp3) is 0. The monoisotopic (exact) mass is 483 g/mol. The van der Waals surface area contributed by atoms with Crippen molar-refractivity contribution in [3.8, 4) is 22.7 Å². The Morgan fingerprint density at radius 2 is 1.90 bits per heavy atom. The Morgan fingerprint density at radius 1 is 1.07 bits per heavy atom. The number of thiazole rings is 1. The van der Waals surface area contributed by atoms with Crippen LogP contribution >= 0.6 is 38.9 Å². The molecule has 0 fully saturated rings. The molecule has 142 valence electrons. The normalized spacial score (nSPS) is 12.1. The summed E-state index contributed by atoms with van der Waals surface area (Å²) in [5.41, 5.74) is 1.49. The van der Waals surface area contributed by atoms with Crippen molar-refractivity contribution < 1.29 is 4.42 Å². The summed E-state index contributed by atoms with van der Waals surface area (Å²) >= 11 is 10.8. The molecule has 8 heteroatoms. The Labute approximate surface area is 182 Å². The van der Waals surface area contributed by atoms with E-state index in [2.05, 4.69) is 26.0 Å². The van der Waals surface area contributed by atoms with Gasteiger partial charge in [0, 0.05) is 26.7 Å². The molecule has 5 aromatic rings. The van der Waals surface area contributed by atoms with E-state index in [1.54, 1.807) is 18.2 Å². The van der Waals surface area contributed by atoms with Gasteiger partial charge in [0.25, 0.3) is 5.56 Å². The lowest BCUT2D eigenvalue weighted by Crippen LogP contribution is -2.23. The number of nitrogens with zero attached hydrogens (tertiary/aromatic N) is 3. The van der Waals surface area contributed by atoms with Gasteiger partial charge in [0.2, 0.25) is 4.96 Å². The summed E-state index contributed by atoms with van der Waals surface area (Å²) < 4.78 is 8.68. The van der Waals surface area contributed by atoms with Crippen LogP contribution in [0.1, 0.15) is 5.76 Å². The zero-order valence-electron chi connectivity index (χ0n) is 14.7. The molecule has 0 atom stereocenters. The molecule has 3 heterocycles. The van der Waals surface area contributed by atoms with E-state index >= 15 is 0 Å². The van der Waals surface area contributed by atoms with Crippen LogP contribution in [-0.2, 0) is 0 Å². The summed E-state index contributed by atoms with van der Waals surface area (Å²) in [5.74, 6) is 1.79. The third-order valence-electron chi connectivity index (χ3n) is 4.27. The van der Waals surface area contributed by atoms with E-state index in [0.29, 0.717) is 26.1 Å². The maximum Gasteiger partial charge on any atom is 0.291 e. The second-order valence-electron chi connectivity index (χ2n) is 6.27. The summed E-state index contributed by atoms with van der Waals surface area (Å²) in [5, 5.41) is 4.93. The summed E-state index contributed by atoms with van der Waals surface area (Å²) in [6.07, 6.45) is 1.71. The van der Waals surface area contributed by atoms with Gasteiger partial charge in [-0.05, 0) is 36.4 Å². The Kier molecular flexibility index (Phi) is 4.58. The van der Waals surface area contributed by atoms with Gasteiger partial charge in [-0.15, -0.1) is 5.10 Å². The Bertz CT molecular complexity index is 1470. The Morgan fingerprint density at radius 3 is 2.69 bits per heavy atom. The Hall–Kier alpha value is -2.74. The van der Waals surface area contributed by atoms with Gasteiger partial charge in [-0.25, -0.2) is 0 Å². The molecule has 3 aromatic heterocycles. The molecule has 0 N–H and O–H groups in total. The molecule has 0 aliphatic rings. The van der Waals surface area contributed by atoms with E-state index in [1.165, 1.54) is 15.9 Å². The molecule has 0 aliphatic carbocycles. The van der Waals surface area contributed by atoms with Crippen LogP contribution in [0.3, 0.4) is 0 Å². The third-order valence-corrected chi connectivity index (χ3v) is 5.96. The molecule has 0 aliphatic heterocycles. The molecule has 0 unspecified atom stereocenters. The van der Waals surface area contributed by atoms with Gasteiger partial charge in [0.1, 0.15) is 16.1 Å². The smallest absolute Gasteiger partial charge is 0.291 e. The molecule has 2 aromatic carbocycles. The van der Waals surface area contributed by atoms with Crippen LogP contribution in [0.25, 0.3) is 33.7 Å². The standard InChI is InChI=1S/C21H11BrClN3O2S/c22-14-5-1-3-12(9-14)17-8-7-16(28-17)11-18-20(27)26-21(29-18)24-19(25-26)13-4-2-6-15(23)10-13/h1-11H. The second-order valence-corrected chi connectivity index (χ2v) is 8.63. The average molecular weight is 485 g/mol. The molecular weight excluding hydrogens is 474 g/mol. The maximum absolute atomic E-state index is 12.7. The van der Waals surface area contributed by atoms with Crippen LogP contribution in [0.5, 0.6) is 0 Å². The van der Waals surface area contributed by atoms with Gasteiger partial charge < -0.3 is 4.42 Å². The average Bonchev–Trinajstić information content (AvgIpc) is 3.40.